The lowest BCUT2D eigenvalue weighted by atomic mass is 9.78. The summed E-state index contributed by atoms with van der Waals surface area (Å²) in [4.78, 5) is 11.8. The first-order valence-electron chi connectivity index (χ1n) is 12.8. The third-order valence-corrected chi connectivity index (χ3v) is 17.7. The number of rotatable bonds is 11. The molecule has 0 radical (unpaired) electrons. The molecular formula is C26H45F3O7SSi2. The number of hydrogen-bond acceptors (Lipinski definition) is 6. The maximum Gasteiger partial charge on any atom is 0.534 e. The minimum absolute atomic E-state index is 0.0226. The lowest BCUT2D eigenvalue weighted by Crippen LogP contribution is -2.44. The Balaban J connectivity index is 3.80. The number of alkyl halides is 3. The van der Waals surface area contributed by atoms with Crippen molar-refractivity contribution in [2.45, 2.75) is 115 Å². The third-order valence-electron chi connectivity index (χ3n) is 7.83. The molecule has 226 valence electrons. The largest absolute Gasteiger partial charge is 0.543 e. The highest BCUT2D eigenvalue weighted by atomic mass is 32.2. The van der Waals surface area contributed by atoms with E-state index in [-0.39, 0.29) is 21.4 Å². The Morgan fingerprint density at radius 3 is 1.79 bits per heavy atom. The molecule has 1 N–H and O–H groups in total. The van der Waals surface area contributed by atoms with E-state index in [0.29, 0.717) is 18.6 Å². The molecule has 0 aliphatic heterocycles. The van der Waals surface area contributed by atoms with Gasteiger partial charge in [0.05, 0.1) is 6.42 Å². The van der Waals surface area contributed by atoms with Crippen molar-refractivity contribution in [1.29, 1.82) is 0 Å². The highest BCUT2D eigenvalue weighted by Crippen LogP contribution is 2.46. The second-order valence-electron chi connectivity index (χ2n) is 13.6. The van der Waals surface area contributed by atoms with Crippen LogP contribution in [0.15, 0.2) is 12.1 Å². The van der Waals surface area contributed by atoms with E-state index in [9.17, 15) is 31.5 Å². The van der Waals surface area contributed by atoms with Crippen LogP contribution >= 0.6 is 0 Å². The van der Waals surface area contributed by atoms with Gasteiger partial charge < -0.3 is 18.1 Å². The molecule has 0 aromatic heterocycles. The van der Waals surface area contributed by atoms with E-state index in [1.54, 1.807) is 0 Å². The van der Waals surface area contributed by atoms with Crippen LogP contribution in [0, 0.1) is 0 Å². The van der Waals surface area contributed by atoms with Crippen LogP contribution in [0.5, 0.6) is 11.5 Å². The van der Waals surface area contributed by atoms with Crippen molar-refractivity contribution in [1.82, 2.24) is 0 Å². The average molecular weight is 615 g/mol. The second kappa shape index (κ2) is 11.4. The van der Waals surface area contributed by atoms with Gasteiger partial charge in [0.2, 0.25) is 8.32 Å². The fourth-order valence-corrected chi connectivity index (χ4v) is 5.86. The summed E-state index contributed by atoms with van der Waals surface area (Å²) in [5, 5.41) is 9.30. The van der Waals surface area contributed by atoms with E-state index < -0.39 is 55.8 Å². The standard InChI is InChI=1S/C26H45F3O7SSi2/c1-23(2,3)38(9,10)34-14-13-25(7,8)22-18(16-21(30)31)15-19(35-37(32,33)26(27,28)29)17-20(22)36-39(11,12)24(4,5)6/h15,17H,13-14,16H2,1-12H3,(H,30,31). The molecule has 0 aliphatic rings. The van der Waals surface area contributed by atoms with Crippen LogP contribution in [-0.4, -0.2) is 48.2 Å². The van der Waals surface area contributed by atoms with Crippen LogP contribution in [0.1, 0.15) is 72.9 Å². The molecule has 1 aromatic rings. The number of hydrogen-bond donors (Lipinski definition) is 1. The van der Waals surface area contributed by atoms with Crippen LogP contribution in [0.3, 0.4) is 0 Å². The first kappa shape index (κ1) is 35.5. The van der Waals surface area contributed by atoms with Crippen LogP contribution in [0.4, 0.5) is 13.2 Å². The maximum absolute atomic E-state index is 13.1. The smallest absolute Gasteiger partial charge is 0.534 e. The van der Waals surface area contributed by atoms with Gasteiger partial charge in [-0.05, 0) is 59.7 Å². The quantitative estimate of drug-likeness (QED) is 0.156. The molecule has 0 saturated carbocycles. The zero-order valence-electron chi connectivity index (χ0n) is 25.2. The Morgan fingerprint density at radius 1 is 0.897 bits per heavy atom. The highest BCUT2D eigenvalue weighted by Gasteiger charge is 2.49. The molecule has 0 saturated heterocycles. The Morgan fingerprint density at radius 2 is 1.38 bits per heavy atom. The minimum Gasteiger partial charge on any atom is -0.543 e. The van der Waals surface area contributed by atoms with Crippen LogP contribution in [-0.2, 0) is 31.2 Å². The van der Waals surface area contributed by atoms with Gasteiger partial charge in [-0.2, -0.15) is 21.6 Å². The summed E-state index contributed by atoms with van der Waals surface area (Å²) in [6.07, 6.45) is -0.111. The third kappa shape index (κ3) is 8.96. The number of aliphatic carboxylic acids is 1. The molecule has 7 nitrogen and oxygen atoms in total. The second-order valence-corrected chi connectivity index (χ2v) is 24.7. The summed E-state index contributed by atoms with van der Waals surface area (Å²) in [5.41, 5.74) is -5.81. The zero-order chi connectivity index (χ0) is 31.0. The molecule has 0 amide bonds. The van der Waals surface area contributed by atoms with Gasteiger partial charge in [-0.25, -0.2) is 0 Å². The molecule has 39 heavy (non-hydrogen) atoms. The number of benzene rings is 1. The molecule has 1 aromatic carbocycles. The number of carboxylic acid groups (broad SMARTS) is 1. The highest BCUT2D eigenvalue weighted by molar-refractivity contribution is 7.88. The van der Waals surface area contributed by atoms with E-state index in [1.165, 1.54) is 0 Å². The number of carboxylic acids is 1. The summed E-state index contributed by atoms with van der Waals surface area (Å²) in [5.74, 6) is -1.78. The summed E-state index contributed by atoms with van der Waals surface area (Å²) in [6.45, 7) is 24.5. The summed E-state index contributed by atoms with van der Waals surface area (Å²) in [7, 11) is -10.7. The van der Waals surface area contributed by atoms with E-state index in [4.69, 9.17) is 8.85 Å². The molecule has 0 unspecified atom stereocenters. The molecule has 0 aliphatic carbocycles. The molecule has 0 heterocycles. The van der Waals surface area contributed by atoms with Gasteiger partial charge in [0.15, 0.2) is 8.32 Å². The SMILES string of the molecule is CC(C)(CCO[Si](C)(C)C(C)(C)C)c1c(CC(=O)O)cc(OS(=O)(=O)C(F)(F)F)cc1O[Si](C)(C)C(C)(C)C. The Labute approximate surface area is 233 Å². The van der Waals surface area contributed by atoms with Crippen molar-refractivity contribution in [2.75, 3.05) is 6.61 Å². The van der Waals surface area contributed by atoms with Crippen molar-refractivity contribution >= 4 is 32.7 Å². The predicted molar refractivity (Wildman–Crippen MR) is 152 cm³/mol. The average Bonchev–Trinajstić information content (AvgIpc) is 2.63. The van der Waals surface area contributed by atoms with Crippen LogP contribution in [0.2, 0.25) is 36.3 Å². The van der Waals surface area contributed by atoms with Crippen LogP contribution in [0.25, 0.3) is 0 Å². The monoisotopic (exact) mass is 614 g/mol. The van der Waals surface area contributed by atoms with Crippen molar-refractivity contribution in [3.05, 3.63) is 23.3 Å². The van der Waals surface area contributed by atoms with Gasteiger partial charge in [-0.3, -0.25) is 4.79 Å². The van der Waals surface area contributed by atoms with Gasteiger partial charge >= 0.3 is 21.6 Å². The van der Waals surface area contributed by atoms with Gasteiger partial charge in [0.1, 0.15) is 11.5 Å². The van der Waals surface area contributed by atoms with E-state index in [2.05, 4.69) is 38.0 Å². The molecule has 0 bridgehead atoms. The maximum atomic E-state index is 13.1. The Hall–Kier alpha value is -1.58. The fourth-order valence-electron chi connectivity index (χ4n) is 3.35. The Kier molecular flexibility index (Phi) is 10.3. The summed E-state index contributed by atoms with van der Waals surface area (Å²) in [6, 6.07) is 2.17. The topological polar surface area (TPSA) is 99.1 Å². The molecule has 1 rings (SSSR count). The molecule has 0 atom stereocenters. The van der Waals surface area contributed by atoms with Crippen molar-refractivity contribution < 1.29 is 44.5 Å². The molecule has 0 fully saturated rings. The van der Waals surface area contributed by atoms with Crippen LogP contribution < -0.4 is 8.61 Å². The molecular weight excluding hydrogens is 570 g/mol. The van der Waals surface area contributed by atoms with Crippen molar-refractivity contribution in [3.63, 3.8) is 0 Å². The summed E-state index contributed by atoms with van der Waals surface area (Å²) >= 11 is 0. The number of carbonyl (C=O) groups is 1. The molecule has 0 spiro atoms. The van der Waals surface area contributed by atoms with Gasteiger partial charge in [-0.15, -0.1) is 0 Å². The first-order chi connectivity index (χ1) is 17.0. The van der Waals surface area contributed by atoms with E-state index in [0.717, 1.165) is 12.1 Å². The molecule has 13 heteroatoms. The minimum atomic E-state index is -5.98. The number of halogens is 3. The van der Waals surface area contributed by atoms with Gasteiger partial charge in [0, 0.05) is 18.2 Å². The zero-order valence-corrected chi connectivity index (χ0v) is 28.0. The first-order valence-corrected chi connectivity index (χ1v) is 20.0. The normalized spacial score (nSPS) is 14.3. The van der Waals surface area contributed by atoms with E-state index >= 15 is 0 Å². The lowest BCUT2D eigenvalue weighted by Gasteiger charge is -2.40. The van der Waals surface area contributed by atoms with Crippen molar-refractivity contribution in [2.24, 2.45) is 0 Å². The fraction of sp³-hybridized carbons (Fsp3) is 0.731. The predicted octanol–water partition coefficient (Wildman–Crippen LogP) is 7.62. The van der Waals surface area contributed by atoms with Crippen molar-refractivity contribution in [3.8, 4) is 11.5 Å². The van der Waals surface area contributed by atoms with E-state index in [1.807, 2.05) is 47.7 Å². The Bertz CT molecular complexity index is 1150. The van der Waals surface area contributed by atoms with Gasteiger partial charge in [-0.1, -0.05) is 55.4 Å². The lowest BCUT2D eigenvalue weighted by molar-refractivity contribution is -0.136. The van der Waals surface area contributed by atoms with Gasteiger partial charge in [0.25, 0.3) is 0 Å². The summed E-state index contributed by atoms with van der Waals surface area (Å²) < 4.78 is 80.2.